The number of amides is 2. The molecule has 1 fully saturated rings. The van der Waals surface area contributed by atoms with Gasteiger partial charge in [-0.2, -0.15) is 0 Å². The molecule has 1 aromatic heterocycles. The lowest BCUT2D eigenvalue weighted by molar-refractivity contribution is 0.0274. The standard InChI is InChI=1S/C24H27FN4O3/c1-27-12-24(13-27)14-29(23(31)26-16-6-4-5-15(25)9-16)20(11-30)22-21(24)18-8-7-17(32-3)10-19(18)28(22)2/h4-10,20,30H,11-14H2,1-3H3,(H,26,31)/t20-/m1/s1. The first-order valence-electron chi connectivity index (χ1n) is 10.7. The number of rotatable bonds is 3. The summed E-state index contributed by atoms with van der Waals surface area (Å²) in [6.45, 7) is 1.89. The highest BCUT2D eigenvalue weighted by Crippen LogP contribution is 2.49. The fourth-order valence-corrected chi connectivity index (χ4v) is 5.58. The van der Waals surface area contributed by atoms with Crippen molar-refractivity contribution in [3.8, 4) is 5.75 Å². The van der Waals surface area contributed by atoms with E-state index < -0.39 is 11.9 Å². The maximum Gasteiger partial charge on any atom is 0.322 e. The number of ether oxygens (including phenoxy) is 1. The lowest BCUT2D eigenvalue weighted by atomic mass is 9.69. The number of nitrogens with zero attached hydrogens (tertiary/aromatic N) is 3. The van der Waals surface area contributed by atoms with Crippen molar-refractivity contribution in [1.82, 2.24) is 14.4 Å². The van der Waals surface area contributed by atoms with E-state index in [-0.39, 0.29) is 18.1 Å². The predicted molar refractivity (Wildman–Crippen MR) is 121 cm³/mol. The van der Waals surface area contributed by atoms with Gasteiger partial charge in [0.25, 0.3) is 0 Å². The highest BCUT2D eigenvalue weighted by molar-refractivity contribution is 5.92. The number of methoxy groups -OCH3 is 1. The van der Waals surface area contributed by atoms with E-state index in [9.17, 15) is 14.3 Å². The number of carbonyl (C=O) groups excluding carboxylic acids is 1. The van der Waals surface area contributed by atoms with E-state index in [1.54, 1.807) is 24.1 Å². The van der Waals surface area contributed by atoms with Crippen LogP contribution in [-0.4, -0.2) is 65.9 Å². The number of aliphatic hydroxyl groups is 1. The number of fused-ring (bicyclic) bond motifs is 4. The zero-order valence-corrected chi connectivity index (χ0v) is 18.4. The number of anilines is 1. The van der Waals surface area contributed by atoms with Crippen molar-refractivity contribution in [3.05, 3.63) is 59.5 Å². The van der Waals surface area contributed by atoms with Gasteiger partial charge in [-0.15, -0.1) is 0 Å². The summed E-state index contributed by atoms with van der Waals surface area (Å²) in [5.74, 6) is 0.346. The SMILES string of the molecule is COc1ccc2c3c(n(C)c2c1)[C@@H](CO)N(C(=O)Nc1cccc(F)c1)CC31CN(C)C1. The van der Waals surface area contributed by atoms with Crippen LogP contribution in [0.25, 0.3) is 10.9 Å². The molecule has 2 aromatic carbocycles. The lowest BCUT2D eigenvalue weighted by Gasteiger charge is -2.55. The number of urea groups is 1. The zero-order chi connectivity index (χ0) is 22.6. The first kappa shape index (κ1) is 20.8. The Kier molecular flexibility index (Phi) is 4.87. The number of halogens is 1. The molecule has 8 heteroatoms. The van der Waals surface area contributed by atoms with Crippen molar-refractivity contribution in [1.29, 1.82) is 0 Å². The molecule has 1 spiro atoms. The van der Waals surface area contributed by atoms with Gasteiger partial charge in [0.05, 0.1) is 25.3 Å². The maximum absolute atomic E-state index is 13.6. The van der Waals surface area contributed by atoms with Gasteiger partial charge in [-0.25, -0.2) is 9.18 Å². The van der Waals surface area contributed by atoms with E-state index in [2.05, 4.69) is 27.9 Å². The number of nitrogens with one attached hydrogen (secondary N) is 1. The molecule has 5 rings (SSSR count). The van der Waals surface area contributed by atoms with Crippen molar-refractivity contribution in [2.24, 2.45) is 7.05 Å². The Morgan fingerprint density at radius 3 is 2.66 bits per heavy atom. The summed E-state index contributed by atoms with van der Waals surface area (Å²) in [6, 6.07) is 11.0. The topological polar surface area (TPSA) is 70.0 Å². The molecule has 3 aromatic rings. The number of hydrogen-bond donors (Lipinski definition) is 2. The second-order valence-electron chi connectivity index (χ2n) is 8.92. The van der Waals surface area contributed by atoms with Crippen LogP contribution in [0.1, 0.15) is 17.3 Å². The number of hydrogen-bond acceptors (Lipinski definition) is 4. The number of carbonyl (C=O) groups is 1. The Morgan fingerprint density at radius 1 is 1.22 bits per heavy atom. The van der Waals surface area contributed by atoms with E-state index in [0.29, 0.717) is 12.2 Å². The van der Waals surface area contributed by atoms with E-state index in [1.807, 2.05) is 19.2 Å². The van der Waals surface area contributed by atoms with Crippen LogP contribution in [0, 0.1) is 5.82 Å². The molecule has 1 atom stereocenters. The lowest BCUT2D eigenvalue weighted by Crippen LogP contribution is -2.66. The molecule has 3 heterocycles. The molecule has 0 saturated carbocycles. The average molecular weight is 439 g/mol. The highest BCUT2D eigenvalue weighted by Gasteiger charge is 2.53. The maximum atomic E-state index is 13.6. The Hall–Kier alpha value is -3.10. The molecule has 0 bridgehead atoms. The Balaban J connectivity index is 1.62. The van der Waals surface area contributed by atoms with Crippen LogP contribution in [0.4, 0.5) is 14.9 Å². The largest absolute Gasteiger partial charge is 0.497 e. The third-order valence-corrected chi connectivity index (χ3v) is 6.80. The average Bonchev–Trinajstić information content (AvgIpc) is 3.05. The van der Waals surface area contributed by atoms with Gasteiger partial charge in [-0.1, -0.05) is 6.07 Å². The number of aryl methyl sites for hydroxylation is 1. The summed E-state index contributed by atoms with van der Waals surface area (Å²) in [5, 5.41) is 14.3. The number of aliphatic hydroxyl groups excluding tert-OH is 1. The first-order chi connectivity index (χ1) is 15.4. The zero-order valence-electron chi connectivity index (χ0n) is 18.4. The molecule has 2 aliphatic heterocycles. The minimum atomic E-state index is -0.515. The summed E-state index contributed by atoms with van der Waals surface area (Å²) in [5.41, 5.74) is 3.30. The van der Waals surface area contributed by atoms with Crippen LogP contribution in [-0.2, 0) is 12.5 Å². The molecular weight excluding hydrogens is 411 g/mol. The van der Waals surface area contributed by atoms with Crippen LogP contribution in [0.3, 0.4) is 0 Å². The number of likely N-dealkylation sites (N-methyl/N-ethyl adjacent to an activating group) is 1. The number of aromatic nitrogens is 1. The minimum Gasteiger partial charge on any atom is -0.497 e. The second kappa shape index (κ2) is 7.50. The molecular formula is C24H27FN4O3. The molecule has 2 aliphatic rings. The third kappa shape index (κ3) is 3.05. The molecule has 2 N–H and O–H groups in total. The van der Waals surface area contributed by atoms with Crippen LogP contribution in [0.15, 0.2) is 42.5 Å². The quantitative estimate of drug-likeness (QED) is 0.660. The fourth-order valence-electron chi connectivity index (χ4n) is 5.58. The minimum absolute atomic E-state index is 0.212. The van der Waals surface area contributed by atoms with Gasteiger partial charge in [0.15, 0.2) is 0 Å². The van der Waals surface area contributed by atoms with E-state index >= 15 is 0 Å². The number of benzene rings is 2. The van der Waals surface area contributed by atoms with E-state index in [0.717, 1.165) is 35.4 Å². The van der Waals surface area contributed by atoms with E-state index in [1.165, 1.54) is 17.7 Å². The second-order valence-corrected chi connectivity index (χ2v) is 8.92. The monoisotopic (exact) mass is 438 g/mol. The van der Waals surface area contributed by atoms with Crippen LogP contribution in [0.5, 0.6) is 5.75 Å². The summed E-state index contributed by atoms with van der Waals surface area (Å²) in [7, 11) is 5.67. The first-order valence-corrected chi connectivity index (χ1v) is 10.7. The van der Waals surface area contributed by atoms with E-state index in [4.69, 9.17) is 4.74 Å². The van der Waals surface area contributed by atoms with Crippen molar-refractivity contribution < 1.29 is 19.0 Å². The molecule has 1 saturated heterocycles. The van der Waals surface area contributed by atoms with Crippen molar-refractivity contribution >= 4 is 22.6 Å². The number of likely N-dealkylation sites (tertiary alicyclic amines) is 1. The smallest absolute Gasteiger partial charge is 0.322 e. The van der Waals surface area contributed by atoms with Crippen LogP contribution >= 0.6 is 0 Å². The summed E-state index contributed by atoms with van der Waals surface area (Å²) in [6.07, 6.45) is 0. The summed E-state index contributed by atoms with van der Waals surface area (Å²) >= 11 is 0. The summed E-state index contributed by atoms with van der Waals surface area (Å²) < 4.78 is 21.1. The Labute approximate surface area is 186 Å². The Morgan fingerprint density at radius 2 is 2.00 bits per heavy atom. The van der Waals surface area contributed by atoms with Crippen molar-refractivity contribution in [2.75, 3.05) is 45.7 Å². The van der Waals surface area contributed by atoms with Gasteiger partial charge in [-0.05, 0) is 42.9 Å². The summed E-state index contributed by atoms with van der Waals surface area (Å²) in [4.78, 5) is 17.3. The molecule has 7 nitrogen and oxygen atoms in total. The predicted octanol–water partition coefficient (Wildman–Crippen LogP) is 3.09. The van der Waals surface area contributed by atoms with Gasteiger partial charge >= 0.3 is 6.03 Å². The molecule has 0 aliphatic carbocycles. The Bertz CT molecular complexity index is 1200. The van der Waals surface area contributed by atoms with Gasteiger partial charge in [0.1, 0.15) is 11.6 Å². The van der Waals surface area contributed by atoms with Crippen molar-refractivity contribution in [2.45, 2.75) is 11.5 Å². The van der Waals surface area contributed by atoms with Gasteiger partial charge in [-0.3, -0.25) is 0 Å². The third-order valence-electron chi connectivity index (χ3n) is 6.80. The van der Waals surface area contributed by atoms with Gasteiger partial charge in [0, 0.05) is 54.9 Å². The molecule has 0 radical (unpaired) electrons. The van der Waals surface area contributed by atoms with Gasteiger partial charge in [0.2, 0.25) is 0 Å². The highest BCUT2D eigenvalue weighted by atomic mass is 19.1. The molecule has 0 unspecified atom stereocenters. The van der Waals surface area contributed by atoms with Crippen LogP contribution in [0.2, 0.25) is 0 Å². The van der Waals surface area contributed by atoms with Crippen molar-refractivity contribution in [3.63, 3.8) is 0 Å². The normalized spacial score (nSPS) is 19.7. The fraction of sp³-hybridized carbons (Fsp3) is 0.375. The molecule has 168 valence electrons. The molecule has 32 heavy (non-hydrogen) atoms. The van der Waals surface area contributed by atoms with Gasteiger partial charge < -0.3 is 29.5 Å². The molecule has 2 amide bonds. The van der Waals surface area contributed by atoms with Crippen LogP contribution < -0.4 is 10.1 Å².